The Morgan fingerprint density at radius 2 is 1.64 bits per heavy atom. The zero-order valence-electron chi connectivity index (χ0n) is 13.2. The van der Waals surface area contributed by atoms with Crippen molar-refractivity contribution in [1.29, 1.82) is 0 Å². The van der Waals surface area contributed by atoms with Gasteiger partial charge in [-0.1, -0.05) is 58.0 Å². The topological polar surface area (TPSA) is 21.2 Å². The van der Waals surface area contributed by atoms with E-state index < -0.39 is 0 Å². The minimum atomic E-state index is 0.243. The molecule has 0 saturated carbocycles. The molecule has 3 nitrogen and oxygen atoms in total. The summed E-state index contributed by atoms with van der Waals surface area (Å²) in [6, 6.07) is 3.65. The van der Waals surface area contributed by atoms with E-state index in [2.05, 4.69) is 37.4 Å². The predicted octanol–water partition coefficient (Wildman–Crippen LogP) is 5.02. The van der Waals surface area contributed by atoms with Gasteiger partial charge in [-0.15, -0.1) is 0 Å². The van der Waals surface area contributed by atoms with Crippen LogP contribution in [0.2, 0.25) is 15.1 Å². The summed E-state index contributed by atoms with van der Waals surface area (Å²) in [6.45, 7) is 8.59. The summed E-state index contributed by atoms with van der Waals surface area (Å²) in [6.07, 6.45) is 0. The molecule has 0 amide bonds. The maximum atomic E-state index is 6.42. The van der Waals surface area contributed by atoms with Crippen LogP contribution in [0.25, 0.3) is 5.69 Å². The Morgan fingerprint density at radius 1 is 1.09 bits per heavy atom. The number of hydrogen-bond acceptors (Lipinski definition) is 2. The lowest BCUT2D eigenvalue weighted by molar-refractivity contribution is -0.790. The Labute approximate surface area is 149 Å². The van der Waals surface area contributed by atoms with Crippen molar-refractivity contribution >= 4 is 46.1 Å². The molecule has 0 radical (unpaired) electrons. The van der Waals surface area contributed by atoms with Crippen molar-refractivity contribution in [3.05, 3.63) is 37.0 Å². The first-order chi connectivity index (χ1) is 10.3. The molecule has 22 heavy (non-hydrogen) atoms. The van der Waals surface area contributed by atoms with Gasteiger partial charge >= 0.3 is 0 Å². The van der Waals surface area contributed by atoms with Crippen molar-refractivity contribution in [2.45, 2.75) is 39.7 Å². The van der Waals surface area contributed by atoms with Crippen molar-refractivity contribution in [3.63, 3.8) is 0 Å². The molecule has 1 aromatic carbocycles. The first-order valence-electron chi connectivity index (χ1n) is 7.03. The van der Waals surface area contributed by atoms with Gasteiger partial charge in [0.25, 0.3) is 5.01 Å². The SMILES string of the molecule is CN=c1sc(C(C)C)[n+](C(C)C)n1-c1c(Cl)cc(Cl)cc1Cl. The lowest BCUT2D eigenvalue weighted by atomic mass is 10.2. The number of nitrogens with zero attached hydrogens (tertiary/aromatic N) is 3. The number of rotatable bonds is 3. The lowest BCUT2D eigenvalue weighted by Crippen LogP contribution is -2.50. The Balaban J connectivity index is 2.92. The van der Waals surface area contributed by atoms with Crippen molar-refractivity contribution in [1.82, 2.24) is 4.68 Å². The summed E-state index contributed by atoms with van der Waals surface area (Å²) in [4.78, 5) is 5.26. The summed E-state index contributed by atoms with van der Waals surface area (Å²) < 4.78 is 4.18. The Kier molecular flexibility index (Phi) is 5.59. The molecule has 0 N–H and O–H groups in total. The lowest BCUT2D eigenvalue weighted by Gasteiger charge is -2.11. The maximum Gasteiger partial charge on any atom is 0.267 e. The summed E-state index contributed by atoms with van der Waals surface area (Å²) in [5.74, 6) is 0.374. The van der Waals surface area contributed by atoms with Gasteiger partial charge in [0.15, 0.2) is 6.04 Å². The van der Waals surface area contributed by atoms with E-state index in [0.29, 0.717) is 26.7 Å². The number of hydrogen-bond donors (Lipinski definition) is 0. The van der Waals surface area contributed by atoms with Crippen LogP contribution in [0.5, 0.6) is 0 Å². The molecule has 0 spiro atoms. The molecule has 2 aromatic rings. The molecule has 0 aliphatic carbocycles. The first kappa shape index (κ1) is 17.8. The molecule has 0 unspecified atom stereocenters. The fraction of sp³-hybridized carbons (Fsp3) is 0.467. The number of halogens is 3. The van der Waals surface area contributed by atoms with Crippen LogP contribution in [-0.2, 0) is 0 Å². The van der Waals surface area contributed by atoms with Crippen LogP contribution in [0.15, 0.2) is 17.1 Å². The second-order valence-corrected chi connectivity index (χ2v) is 7.81. The molecule has 120 valence electrons. The summed E-state index contributed by atoms with van der Waals surface area (Å²) in [5.41, 5.74) is 0.713. The van der Waals surface area contributed by atoms with E-state index in [1.807, 2.05) is 4.68 Å². The highest BCUT2D eigenvalue weighted by Crippen LogP contribution is 2.31. The fourth-order valence-electron chi connectivity index (χ4n) is 2.32. The van der Waals surface area contributed by atoms with Crippen LogP contribution in [0.3, 0.4) is 0 Å². The third kappa shape index (κ3) is 3.21. The minimum Gasteiger partial charge on any atom is -0.257 e. The van der Waals surface area contributed by atoms with Gasteiger partial charge in [-0.3, -0.25) is 4.99 Å². The van der Waals surface area contributed by atoms with Gasteiger partial charge in [-0.25, -0.2) is 0 Å². The quantitative estimate of drug-likeness (QED) is 0.668. The molecule has 0 bridgehead atoms. The van der Waals surface area contributed by atoms with Gasteiger partial charge in [0.05, 0.1) is 16.0 Å². The van der Waals surface area contributed by atoms with Gasteiger partial charge < -0.3 is 0 Å². The van der Waals surface area contributed by atoms with E-state index in [0.717, 1.165) is 4.80 Å². The summed E-state index contributed by atoms with van der Waals surface area (Å²) in [5, 5.41) is 2.76. The highest BCUT2D eigenvalue weighted by molar-refractivity contribution is 7.08. The second kappa shape index (κ2) is 6.91. The normalized spacial score (nSPS) is 12.7. The third-order valence-corrected chi connectivity index (χ3v) is 5.39. The second-order valence-electron chi connectivity index (χ2n) is 5.57. The predicted molar refractivity (Wildman–Crippen MR) is 94.8 cm³/mol. The highest BCUT2D eigenvalue weighted by atomic mass is 35.5. The van der Waals surface area contributed by atoms with E-state index >= 15 is 0 Å². The minimum absolute atomic E-state index is 0.243. The van der Waals surface area contributed by atoms with E-state index in [4.69, 9.17) is 34.8 Å². The van der Waals surface area contributed by atoms with Crippen LogP contribution in [0, 0.1) is 0 Å². The summed E-state index contributed by atoms with van der Waals surface area (Å²) >= 11 is 20.5. The average Bonchev–Trinajstić information content (AvgIpc) is 2.77. The van der Waals surface area contributed by atoms with Crippen molar-refractivity contribution in [2.24, 2.45) is 4.99 Å². The van der Waals surface area contributed by atoms with Gasteiger partial charge in [-0.05, 0) is 37.3 Å². The molecule has 1 aromatic heterocycles. The van der Waals surface area contributed by atoms with E-state index in [-0.39, 0.29) is 6.04 Å². The van der Waals surface area contributed by atoms with Gasteiger partial charge in [0.1, 0.15) is 5.69 Å². The van der Waals surface area contributed by atoms with Crippen molar-refractivity contribution in [2.75, 3.05) is 7.05 Å². The van der Waals surface area contributed by atoms with Gasteiger partial charge in [-0.2, -0.15) is 0 Å². The largest absolute Gasteiger partial charge is 0.267 e. The molecule has 1 heterocycles. The smallest absolute Gasteiger partial charge is 0.257 e. The van der Waals surface area contributed by atoms with Gasteiger partial charge in [0, 0.05) is 12.1 Å². The molecule has 0 fully saturated rings. The number of benzene rings is 1. The zero-order chi connectivity index (χ0) is 16.6. The summed E-state index contributed by atoms with van der Waals surface area (Å²) in [7, 11) is 1.77. The van der Waals surface area contributed by atoms with Crippen LogP contribution >= 0.6 is 46.1 Å². The maximum absolute atomic E-state index is 6.42. The fourth-order valence-corrected chi connectivity index (χ4v) is 4.47. The third-order valence-electron chi connectivity index (χ3n) is 3.19. The zero-order valence-corrected chi connectivity index (χ0v) is 16.3. The molecule has 0 aliphatic heterocycles. The highest BCUT2D eigenvalue weighted by Gasteiger charge is 2.30. The van der Waals surface area contributed by atoms with Crippen LogP contribution in [0.4, 0.5) is 0 Å². The molecular formula is C15H19Cl3N3S+. The Bertz CT molecular complexity index is 737. The van der Waals surface area contributed by atoms with Crippen molar-refractivity contribution < 1.29 is 4.68 Å². The Hall–Kier alpha value is -0.550. The van der Waals surface area contributed by atoms with Crippen LogP contribution in [-0.4, -0.2) is 11.7 Å². The molecular weight excluding hydrogens is 361 g/mol. The average molecular weight is 380 g/mol. The van der Waals surface area contributed by atoms with E-state index in [9.17, 15) is 0 Å². The van der Waals surface area contributed by atoms with Gasteiger partial charge in [0.2, 0.25) is 4.80 Å². The molecule has 0 atom stereocenters. The van der Waals surface area contributed by atoms with Crippen LogP contribution in [0.1, 0.15) is 44.7 Å². The van der Waals surface area contributed by atoms with Crippen LogP contribution < -0.4 is 9.48 Å². The Morgan fingerprint density at radius 3 is 2.05 bits per heavy atom. The standard InChI is InChI=1S/C15H19Cl3N3S/c1-8(2)14-20(9(3)4)21(15(19-5)22-14)13-11(17)6-10(16)7-12(13)18/h6-9H,1-5H3/q+1. The van der Waals surface area contributed by atoms with E-state index in [1.165, 1.54) is 5.01 Å². The molecule has 2 rings (SSSR count). The number of aromatic nitrogens is 2. The first-order valence-corrected chi connectivity index (χ1v) is 8.98. The van der Waals surface area contributed by atoms with Crippen molar-refractivity contribution in [3.8, 4) is 5.69 Å². The molecule has 0 aliphatic rings. The molecule has 0 saturated heterocycles. The monoisotopic (exact) mass is 378 g/mol. The van der Waals surface area contributed by atoms with E-state index in [1.54, 1.807) is 30.5 Å². The molecule has 7 heteroatoms.